The van der Waals surface area contributed by atoms with Crippen molar-refractivity contribution in [2.75, 3.05) is 0 Å². The van der Waals surface area contributed by atoms with Crippen molar-refractivity contribution in [1.29, 1.82) is 0 Å². The molecule has 0 saturated carbocycles. The van der Waals surface area contributed by atoms with Gasteiger partial charge in [-0.2, -0.15) is 0 Å². The summed E-state index contributed by atoms with van der Waals surface area (Å²) in [6.45, 7) is 0. The van der Waals surface area contributed by atoms with E-state index in [1.807, 2.05) is 0 Å². The van der Waals surface area contributed by atoms with Crippen molar-refractivity contribution in [3.63, 3.8) is 0 Å². The zero-order valence-corrected chi connectivity index (χ0v) is 26.1. The highest BCUT2D eigenvalue weighted by molar-refractivity contribution is 6.25. The normalized spacial score (nSPS) is 11.8. The minimum atomic E-state index is 0.946. The number of fused-ring (bicyclic) bond motifs is 8. The van der Waals surface area contributed by atoms with Gasteiger partial charge in [-0.05, 0) is 59.3 Å². The smallest absolute Gasteiger partial charge is 0.0730 e. The van der Waals surface area contributed by atoms with Gasteiger partial charge in [0.05, 0.1) is 39.1 Å². The molecule has 48 heavy (non-hydrogen) atoms. The summed E-state index contributed by atoms with van der Waals surface area (Å²) in [6, 6.07) is 63.1. The van der Waals surface area contributed by atoms with E-state index >= 15 is 0 Å². The largest absolute Gasteiger partial charge is 0.309 e. The summed E-state index contributed by atoms with van der Waals surface area (Å²) >= 11 is 0. The summed E-state index contributed by atoms with van der Waals surface area (Å²) in [6.07, 6.45) is 0. The Morgan fingerprint density at radius 2 is 0.896 bits per heavy atom. The number of rotatable bonds is 4. The molecule has 0 bridgehead atoms. The van der Waals surface area contributed by atoms with Crippen LogP contribution in [0.4, 0.5) is 0 Å². The molecule has 10 rings (SSSR count). The van der Waals surface area contributed by atoms with E-state index in [4.69, 9.17) is 4.98 Å². The molecule has 7 aromatic carbocycles. The van der Waals surface area contributed by atoms with Crippen molar-refractivity contribution < 1.29 is 0 Å². The van der Waals surface area contributed by atoms with Crippen molar-refractivity contribution in [1.82, 2.24) is 14.1 Å². The maximum absolute atomic E-state index is 5.21. The topological polar surface area (TPSA) is 22.8 Å². The molecule has 0 saturated heterocycles. The van der Waals surface area contributed by atoms with E-state index in [1.54, 1.807) is 0 Å². The molecule has 0 radical (unpaired) electrons. The summed E-state index contributed by atoms with van der Waals surface area (Å²) in [5, 5.41) is 7.50. The van der Waals surface area contributed by atoms with Gasteiger partial charge >= 0.3 is 0 Å². The highest BCUT2D eigenvalue weighted by atomic mass is 15.0. The summed E-state index contributed by atoms with van der Waals surface area (Å²) in [4.78, 5) is 5.21. The Balaban J connectivity index is 1.38. The van der Waals surface area contributed by atoms with Gasteiger partial charge in [-0.25, -0.2) is 4.98 Å². The molecule has 0 unspecified atom stereocenters. The second-order valence-electron chi connectivity index (χ2n) is 12.4. The Labute approximate surface area is 277 Å². The molecule has 224 valence electrons. The van der Waals surface area contributed by atoms with E-state index in [0.29, 0.717) is 0 Å². The molecule has 3 nitrogen and oxygen atoms in total. The molecule has 0 fully saturated rings. The zero-order valence-electron chi connectivity index (χ0n) is 26.1. The van der Waals surface area contributed by atoms with Gasteiger partial charge in [0.25, 0.3) is 0 Å². The van der Waals surface area contributed by atoms with Crippen molar-refractivity contribution in [3.05, 3.63) is 176 Å². The van der Waals surface area contributed by atoms with E-state index in [2.05, 4.69) is 185 Å². The van der Waals surface area contributed by atoms with Crippen LogP contribution in [0.1, 0.15) is 0 Å². The summed E-state index contributed by atoms with van der Waals surface area (Å²) in [7, 11) is 0. The van der Waals surface area contributed by atoms with Crippen LogP contribution in [-0.4, -0.2) is 14.1 Å². The van der Waals surface area contributed by atoms with Crippen molar-refractivity contribution in [2.24, 2.45) is 0 Å². The molecular formula is C45H29N3. The second kappa shape index (κ2) is 10.5. The van der Waals surface area contributed by atoms with Crippen LogP contribution >= 0.6 is 0 Å². The molecule has 0 atom stereocenters. The zero-order chi connectivity index (χ0) is 31.6. The van der Waals surface area contributed by atoms with Crippen LogP contribution in [0.15, 0.2) is 176 Å². The predicted octanol–water partition coefficient (Wildman–Crippen LogP) is 11.8. The molecule has 3 aromatic heterocycles. The third kappa shape index (κ3) is 4.04. The quantitative estimate of drug-likeness (QED) is 0.194. The van der Waals surface area contributed by atoms with Crippen molar-refractivity contribution >= 4 is 54.4 Å². The molecule has 0 aliphatic rings. The third-order valence-electron chi connectivity index (χ3n) is 9.67. The average Bonchev–Trinajstić information content (AvgIpc) is 3.67. The SMILES string of the molecule is c1ccc(-c2cc(-n3c4cc5c(cc4c4c6ccccc6ccc43)c3ccccc3n5-c3ccccc3)cc(-c3ccccc3)n2)cc1. The molecule has 10 aromatic rings. The lowest BCUT2D eigenvalue weighted by Gasteiger charge is -2.14. The Morgan fingerprint density at radius 1 is 0.333 bits per heavy atom. The number of hydrogen-bond acceptors (Lipinski definition) is 1. The Morgan fingerprint density at radius 3 is 1.60 bits per heavy atom. The van der Waals surface area contributed by atoms with Gasteiger partial charge in [-0.1, -0.05) is 127 Å². The van der Waals surface area contributed by atoms with Gasteiger partial charge in [-0.15, -0.1) is 0 Å². The molecule has 0 spiro atoms. The monoisotopic (exact) mass is 611 g/mol. The molecular weight excluding hydrogens is 583 g/mol. The van der Waals surface area contributed by atoms with Crippen LogP contribution < -0.4 is 0 Å². The van der Waals surface area contributed by atoms with Gasteiger partial charge in [-0.3, -0.25) is 0 Å². The number of hydrogen-bond donors (Lipinski definition) is 0. The Kier molecular flexibility index (Phi) is 5.87. The highest BCUT2D eigenvalue weighted by Crippen LogP contribution is 2.42. The third-order valence-corrected chi connectivity index (χ3v) is 9.67. The molecule has 0 amide bonds. The number of pyridine rings is 1. The van der Waals surface area contributed by atoms with E-state index in [0.717, 1.165) is 39.4 Å². The highest BCUT2D eigenvalue weighted by Gasteiger charge is 2.21. The summed E-state index contributed by atoms with van der Waals surface area (Å²) in [5.41, 5.74) is 11.0. The van der Waals surface area contributed by atoms with E-state index < -0.39 is 0 Å². The lowest BCUT2D eigenvalue weighted by atomic mass is 10.0. The first kappa shape index (κ1) is 26.7. The molecule has 3 heteroatoms. The number of nitrogens with zero attached hydrogens (tertiary/aromatic N) is 3. The van der Waals surface area contributed by atoms with Crippen LogP contribution in [0, 0.1) is 0 Å². The molecule has 0 aliphatic heterocycles. The number of benzene rings is 7. The molecule has 0 aliphatic carbocycles. The standard InChI is InChI=1S/C45H29N3/c1-4-15-31(16-5-1)39-26-34(27-40(46-39)32-17-6-2-7-18-32)48-42-25-24-30-14-10-11-21-35(30)45(42)38-28-37-36-22-12-13-23-41(36)47(43(37)29-44(38)48)33-19-8-3-9-20-33/h1-29H. The van der Waals surface area contributed by atoms with Gasteiger partial charge in [0.15, 0.2) is 0 Å². The molecule has 3 heterocycles. The van der Waals surface area contributed by atoms with Crippen LogP contribution in [0.25, 0.3) is 88.3 Å². The van der Waals surface area contributed by atoms with Crippen molar-refractivity contribution in [2.45, 2.75) is 0 Å². The fourth-order valence-corrected chi connectivity index (χ4v) is 7.54. The lowest BCUT2D eigenvalue weighted by Crippen LogP contribution is -1.99. The fourth-order valence-electron chi connectivity index (χ4n) is 7.54. The van der Waals surface area contributed by atoms with Crippen molar-refractivity contribution in [3.8, 4) is 33.9 Å². The predicted molar refractivity (Wildman–Crippen MR) is 201 cm³/mol. The Hall–Kier alpha value is -6.45. The maximum Gasteiger partial charge on any atom is 0.0730 e. The first-order valence-electron chi connectivity index (χ1n) is 16.4. The van der Waals surface area contributed by atoms with Gasteiger partial charge in [0.1, 0.15) is 0 Å². The van der Waals surface area contributed by atoms with Crippen LogP contribution in [0.5, 0.6) is 0 Å². The van der Waals surface area contributed by atoms with Crippen LogP contribution in [-0.2, 0) is 0 Å². The van der Waals surface area contributed by atoms with Gasteiger partial charge in [0.2, 0.25) is 0 Å². The molecule has 0 N–H and O–H groups in total. The second-order valence-corrected chi connectivity index (χ2v) is 12.4. The van der Waals surface area contributed by atoms with Gasteiger partial charge in [0, 0.05) is 38.4 Å². The van der Waals surface area contributed by atoms with Gasteiger partial charge < -0.3 is 9.13 Å². The minimum absolute atomic E-state index is 0.946. The first-order valence-corrected chi connectivity index (χ1v) is 16.4. The van der Waals surface area contributed by atoms with E-state index in [9.17, 15) is 0 Å². The average molecular weight is 612 g/mol. The maximum atomic E-state index is 5.21. The minimum Gasteiger partial charge on any atom is -0.309 e. The number of aromatic nitrogens is 3. The van der Waals surface area contributed by atoms with Crippen LogP contribution in [0.3, 0.4) is 0 Å². The van der Waals surface area contributed by atoms with Crippen LogP contribution in [0.2, 0.25) is 0 Å². The van der Waals surface area contributed by atoms with E-state index in [1.165, 1.54) is 48.9 Å². The fraction of sp³-hybridized carbons (Fsp3) is 0. The summed E-state index contributed by atoms with van der Waals surface area (Å²) in [5.74, 6) is 0. The lowest BCUT2D eigenvalue weighted by molar-refractivity contribution is 1.15. The Bertz CT molecular complexity index is 2750. The first-order chi connectivity index (χ1) is 23.8. The van der Waals surface area contributed by atoms with E-state index in [-0.39, 0.29) is 0 Å². The number of para-hydroxylation sites is 2. The summed E-state index contributed by atoms with van der Waals surface area (Å²) < 4.78 is 4.85.